The second kappa shape index (κ2) is 5.02. The van der Waals surface area contributed by atoms with Crippen LogP contribution in [0.2, 0.25) is 0 Å². The SMILES string of the molecule is Cc1cc([C@H](N)c2ccccc2)cnc1NC1CC1. The van der Waals surface area contributed by atoms with Crippen LogP contribution in [0.5, 0.6) is 0 Å². The molecule has 0 aliphatic heterocycles. The predicted octanol–water partition coefficient (Wildman–Crippen LogP) is 3.01. The van der Waals surface area contributed by atoms with Gasteiger partial charge in [-0.3, -0.25) is 0 Å². The van der Waals surface area contributed by atoms with E-state index >= 15 is 0 Å². The Labute approximate surface area is 113 Å². The van der Waals surface area contributed by atoms with E-state index in [1.165, 1.54) is 12.8 Å². The third-order valence-electron chi connectivity index (χ3n) is 3.54. The van der Waals surface area contributed by atoms with Crippen molar-refractivity contribution in [2.75, 3.05) is 5.32 Å². The van der Waals surface area contributed by atoms with Crippen molar-refractivity contribution in [3.05, 3.63) is 59.3 Å². The number of hydrogen-bond acceptors (Lipinski definition) is 3. The minimum absolute atomic E-state index is 0.109. The summed E-state index contributed by atoms with van der Waals surface area (Å²) in [5.74, 6) is 0.992. The average Bonchev–Trinajstić information content (AvgIpc) is 3.25. The van der Waals surface area contributed by atoms with Crippen molar-refractivity contribution in [1.29, 1.82) is 0 Å². The molecule has 0 radical (unpaired) electrons. The Morgan fingerprint density at radius 3 is 2.58 bits per heavy atom. The maximum atomic E-state index is 6.29. The summed E-state index contributed by atoms with van der Waals surface area (Å²) in [7, 11) is 0. The van der Waals surface area contributed by atoms with Gasteiger partial charge in [0.15, 0.2) is 0 Å². The third kappa shape index (κ3) is 2.76. The average molecular weight is 253 g/mol. The first-order chi connectivity index (χ1) is 9.24. The molecule has 1 fully saturated rings. The minimum Gasteiger partial charge on any atom is -0.367 e. The maximum Gasteiger partial charge on any atom is 0.129 e. The second-order valence-corrected chi connectivity index (χ2v) is 5.24. The molecule has 3 rings (SSSR count). The molecule has 1 aromatic heterocycles. The number of nitrogens with two attached hydrogens (primary N) is 1. The Bertz CT molecular complexity index is 561. The molecule has 2 aromatic rings. The molecular weight excluding hydrogens is 234 g/mol. The van der Waals surface area contributed by atoms with Crippen molar-refractivity contribution in [3.63, 3.8) is 0 Å². The van der Waals surface area contributed by atoms with E-state index in [-0.39, 0.29) is 6.04 Å². The van der Waals surface area contributed by atoms with E-state index < -0.39 is 0 Å². The van der Waals surface area contributed by atoms with Crippen LogP contribution in [0.1, 0.15) is 35.6 Å². The van der Waals surface area contributed by atoms with Gasteiger partial charge in [0.2, 0.25) is 0 Å². The molecule has 0 spiro atoms. The molecule has 3 heteroatoms. The maximum absolute atomic E-state index is 6.29. The van der Waals surface area contributed by atoms with E-state index in [0.29, 0.717) is 6.04 Å². The van der Waals surface area contributed by atoms with Gasteiger partial charge in [-0.2, -0.15) is 0 Å². The molecule has 98 valence electrons. The Hall–Kier alpha value is -1.87. The van der Waals surface area contributed by atoms with Gasteiger partial charge in [-0.25, -0.2) is 4.98 Å². The Morgan fingerprint density at radius 2 is 1.95 bits per heavy atom. The summed E-state index contributed by atoms with van der Waals surface area (Å²) >= 11 is 0. The standard InChI is InChI=1S/C16H19N3/c1-11-9-13(10-18-16(11)19-14-7-8-14)15(17)12-5-3-2-4-6-12/h2-6,9-10,14-15H,7-8,17H2,1H3,(H,18,19)/t15-/m1/s1. The fourth-order valence-electron chi connectivity index (χ4n) is 2.19. The first-order valence-electron chi connectivity index (χ1n) is 6.77. The summed E-state index contributed by atoms with van der Waals surface area (Å²) in [5, 5.41) is 3.44. The molecule has 0 amide bonds. The lowest BCUT2D eigenvalue weighted by Gasteiger charge is -2.15. The molecule has 1 heterocycles. The van der Waals surface area contributed by atoms with E-state index in [9.17, 15) is 0 Å². The number of nitrogens with zero attached hydrogens (tertiary/aromatic N) is 1. The highest BCUT2D eigenvalue weighted by Crippen LogP contribution is 2.27. The first-order valence-corrected chi connectivity index (χ1v) is 6.77. The molecule has 3 nitrogen and oxygen atoms in total. The third-order valence-corrected chi connectivity index (χ3v) is 3.54. The second-order valence-electron chi connectivity index (χ2n) is 5.24. The summed E-state index contributed by atoms with van der Waals surface area (Å²) in [5.41, 5.74) is 9.63. The molecule has 19 heavy (non-hydrogen) atoms. The Balaban J connectivity index is 1.82. The quantitative estimate of drug-likeness (QED) is 0.880. The van der Waals surface area contributed by atoms with Crippen molar-refractivity contribution < 1.29 is 0 Å². The van der Waals surface area contributed by atoms with Crippen LogP contribution in [-0.4, -0.2) is 11.0 Å². The summed E-state index contributed by atoms with van der Waals surface area (Å²) in [6.45, 7) is 2.08. The molecule has 1 aliphatic rings. The number of aryl methyl sites for hydroxylation is 1. The van der Waals surface area contributed by atoms with Crippen molar-refractivity contribution in [1.82, 2.24) is 4.98 Å². The van der Waals surface area contributed by atoms with Crippen LogP contribution < -0.4 is 11.1 Å². The van der Waals surface area contributed by atoms with Crippen molar-refractivity contribution in [2.24, 2.45) is 5.73 Å². The first kappa shape index (κ1) is 12.2. The van der Waals surface area contributed by atoms with Gasteiger partial charge in [0.25, 0.3) is 0 Å². The normalized spacial score (nSPS) is 16.1. The van der Waals surface area contributed by atoms with Gasteiger partial charge < -0.3 is 11.1 Å². The molecule has 3 N–H and O–H groups in total. The van der Waals surface area contributed by atoms with Crippen LogP contribution >= 0.6 is 0 Å². The molecule has 1 atom stereocenters. The number of anilines is 1. The number of aromatic nitrogens is 1. The van der Waals surface area contributed by atoms with Crippen LogP contribution in [-0.2, 0) is 0 Å². The Morgan fingerprint density at radius 1 is 1.21 bits per heavy atom. The topological polar surface area (TPSA) is 50.9 Å². The summed E-state index contributed by atoms with van der Waals surface area (Å²) in [6, 6.07) is 12.8. The Kier molecular flexibility index (Phi) is 3.22. The molecule has 0 saturated heterocycles. The highest BCUT2D eigenvalue weighted by atomic mass is 15.0. The monoisotopic (exact) mass is 253 g/mol. The summed E-state index contributed by atoms with van der Waals surface area (Å²) < 4.78 is 0. The predicted molar refractivity (Wildman–Crippen MR) is 78.1 cm³/mol. The van der Waals surface area contributed by atoms with Gasteiger partial charge in [0.1, 0.15) is 5.82 Å². The highest BCUT2D eigenvalue weighted by Gasteiger charge is 2.22. The lowest BCUT2D eigenvalue weighted by Crippen LogP contribution is -2.13. The van der Waals surface area contributed by atoms with E-state index in [0.717, 1.165) is 22.5 Å². The van der Waals surface area contributed by atoms with Crippen LogP contribution in [0, 0.1) is 6.92 Å². The highest BCUT2D eigenvalue weighted by molar-refractivity contribution is 5.47. The van der Waals surface area contributed by atoms with Crippen molar-refractivity contribution in [2.45, 2.75) is 31.8 Å². The van der Waals surface area contributed by atoms with E-state index in [4.69, 9.17) is 5.73 Å². The van der Waals surface area contributed by atoms with Crippen LogP contribution in [0.4, 0.5) is 5.82 Å². The van der Waals surface area contributed by atoms with Crippen molar-refractivity contribution >= 4 is 5.82 Å². The van der Waals surface area contributed by atoms with E-state index in [2.05, 4.69) is 35.4 Å². The van der Waals surface area contributed by atoms with E-state index in [1.807, 2.05) is 24.4 Å². The number of nitrogens with one attached hydrogen (secondary N) is 1. The van der Waals surface area contributed by atoms with Crippen LogP contribution in [0.25, 0.3) is 0 Å². The number of benzene rings is 1. The van der Waals surface area contributed by atoms with Gasteiger partial charge in [0.05, 0.1) is 6.04 Å². The fourth-order valence-corrected chi connectivity index (χ4v) is 2.19. The fraction of sp³-hybridized carbons (Fsp3) is 0.312. The zero-order valence-electron chi connectivity index (χ0n) is 11.1. The smallest absolute Gasteiger partial charge is 0.129 e. The zero-order valence-corrected chi connectivity index (χ0v) is 11.1. The van der Waals surface area contributed by atoms with Gasteiger partial charge in [-0.1, -0.05) is 30.3 Å². The molecular formula is C16H19N3. The van der Waals surface area contributed by atoms with Crippen LogP contribution in [0.15, 0.2) is 42.6 Å². The van der Waals surface area contributed by atoms with Gasteiger partial charge >= 0.3 is 0 Å². The molecule has 0 unspecified atom stereocenters. The summed E-state index contributed by atoms with van der Waals surface area (Å²) in [4.78, 5) is 4.51. The lowest BCUT2D eigenvalue weighted by molar-refractivity contribution is 0.860. The zero-order chi connectivity index (χ0) is 13.2. The van der Waals surface area contributed by atoms with Crippen LogP contribution in [0.3, 0.4) is 0 Å². The van der Waals surface area contributed by atoms with Gasteiger partial charge in [-0.05, 0) is 42.5 Å². The summed E-state index contributed by atoms with van der Waals surface area (Å²) in [6.07, 6.45) is 4.40. The molecule has 1 aromatic carbocycles. The largest absolute Gasteiger partial charge is 0.367 e. The van der Waals surface area contributed by atoms with Crippen molar-refractivity contribution in [3.8, 4) is 0 Å². The number of pyridine rings is 1. The van der Waals surface area contributed by atoms with E-state index in [1.54, 1.807) is 0 Å². The lowest BCUT2D eigenvalue weighted by atomic mass is 10.00. The minimum atomic E-state index is -0.109. The number of hydrogen-bond donors (Lipinski definition) is 2. The number of rotatable bonds is 4. The van der Waals surface area contributed by atoms with Gasteiger partial charge in [-0.15, -0.1) is 0 Å². The van der Waals surface area contributed by atoms with Gasteiger partial charge in [0, 0.05) is 12.2 Å². The molecule has 1 aliphatic carbocycles. The molecule has 0 bridgehead atoms. The molecule has 1 saturated carbocycles.